The molecule has 2 fully saturated rings. The third-order valence-electron chi connectivity index (χ3n) is 4.99. The van der Waals surface area contributed by atoms with Gasteiger partial charge in [-0.05, 0) is 31.2 Å². The first-order valence-electron chi connectivity index (χ1n) is 7.88. The summed E-state index contributed by atoms with van der Waals surface area (Å²) in [6.45, 7) is 3.47. The summed E-state index contributed by atoms with van der Waals surface area (Å²) in [6.07, 6.45) is 3.63. The number of amides is 1. The highest BCUT2D eigenvalue weighted by Gasteiger charge is 2.55. The fraction of sp³-hybridized carbons (Fsp3) is 0.588. The van der Waals surface area contributed by atoms with Gasteiger partial charge in [0.25, 0.3) is 0 Å². The lowest BCUT2D eigenvalue weighted by Gasteiger charge is -2.24. The minimum atomic E-state index is -0.619. The highest BCUT2D eigenvalue weighted by atomic mass is 19.1. The summed E-state index contributed by atoms with van der Waals surface area (Å²) in [5, 5.41) is 0. The van der Waals surface area contributed by atoms with Gasteiger partial charge in [-0.2, -0.15) is 0 Å². The Morgan fingerprint density at radius 1 is 1.38 bits per heavy atom. The Bertz CT molecular complexity index is 541. The molecule has 0 aromatic heterocycles. The Labute approximate surface area is 125 Å². The smallest absolute Gasteiger partial charge is 0.233 e. The third kappa shape index (κ3) is 2.46. The van der Waals surface area contributed by atoms with Gasteiger partial charge in [0.05, 0.1) is 5.41 Å². The molecule has 1 saturated heterocycles. The lowest BCUT2D eigenvalue weighted by molar-refractivity contribution is -0.133. The molecule has 0 bridgehead atoms. The van der Waals surface area contributed by atoms with Crippen molar-refractivity contribution in [3.63, 3.8) is 0 Å². The van der Waals surface area contributed by atoms with Crippen molar-refractivity contribution in [2.45, 2.75) is 44.1 Å². The van der Waals surface area contributed by atoms with Gasteiger partial charge in [0.15, 0.2) is 0 Å². The zero-order chi connectivity index (χ0) is 15.0. The summed E-state index contributed by atoms with van der Waals surface area (Å²) in [5.41, 5.74) is 6.10. The average molecular weight is 290 g/mol. The molecule has 1 aliphatic carbocycles. The van der Waals surface area contributed by atoms with Gasteiger partial charge in [-0.1, -0.05) is 31.5 Å². The standard InChI is InChI=1S/C17H23FN2O/c1-2-5-12-10-20(11-15(12)19)16(21)17(8-9-17)13-6-3-4-7-14(13)18/h3-4,6-7,12,15H,2,5,8-11,19H2,1H3. The number of hydrogen-bond acceptors (Lipinski definition) is 2. The van der Waals surface area contributed by atoms with Crippen molar-refractivity contribution < 1.29 is 9.18 Å². The lowest BCUT2D eigenvalue weighted by atomic mass is 9.93. The van der Waals surface area contributed by atoms with E-state index in [1.807, 2.05) is 4.90 Å². The van der Waals surface area contributed by atoms with Gasteiger partial charge in [0, 0.05) is 24.7 Å². The van der Waals surface area contributed by atoms with Crippen LogP contribution in [0.3, 0.4) is 0 Å². The van der Waals surface area contributed by atoms with Gasteiger partial charge in [0.1, 0.15) is 5.82 Å². The van der Waals surface area contributed by atoms with E-state index >= 15 is 0 Å². The first-order valence-corrected chi connectivity index (χ1v) is 7.88. The van der Waals surface area contributed by atoms with Crippen LogP contribution in [-0.2, 0) is 10.2 Å². The number of rotatable bonds is 4. The maximum atomic E-state index is 14.1. The predicted octanol–water partition coefficient (Wildman–Crippen LogP) is 2.44. The lowest BCUT2D eigenvalue weighted by Crippen LogP contribution is -2.39. The third-order valence-corrected chi connectivity index (χ3v) is 4.99. The van der Waals surface area contributed by atoms with E-state index in [2.05, 4.69) is 6.92 Å². The Morgan fingerprint density at radius 3 is 2.71 bits per heavy atom. The van der Waals surface area contributed by atoms with E-state index in [0.717, 1.165) is 32.2 Å². The molecule has 1 amide bonds. The highest BCUT2D eigenvalue weighted by molar-refractivity contribution is 5.91. The van der Waals surface area contributed by atoms with Gasteiger partial charge >= 0.3 is 0 Å². The number of nitrogens with two attached hydrogens (primary N) is 1. The molecule has 3 nitrogen and oxygen atoms in total. The summed E-state index contributed by atoms with van der Waals surface area (Å²) in [5.74, 6) is 0.189. The summed E-state index contributed by atoms with van der Waals surface area (Å²) in [7, 11) is 0. The minimum Gasteiger partial charge on any atom is -0.340 e. The van der Waals surface area contributed by atoms with Crippen molar-refractivity contribution in [3.8, 4) is 0 Å². The molecule has 3 rings (SSSR count). The van der Waals surface area contributed by atoms with Crippen molar-refractivity contribution in [1.82, 2.24) is 4.90 Å². The second-order valence-electron chi connectivity index (χ2n) is 6.48. The zero-order valence-electron chi connectivity index (χ0n) is 12.5. The predicted molar refractivity (Wildman–Crippen MR) is 80.3 cm³/mol. The van der Waals surface area contributed by atoms with E-state index in [-0.39, 0.29) is 17.8 Å². The van der Waals surface area contributed by atoms with Crippen LogP contribution in [0, 0.1) is 11.7 Å². The number of halogens is 1. The first kappa shape index (κ1) is 14.5. The van der Waals surface area contributed by atoms with Crippen LogP contribution >= 0.6 is 0 Å². The van der Waals surface area contributed by atoms with E-state index < -0.39 is 5.41 Å². The molecule has 2 N–H and O–H groups in total. The van der Waals surface area contributed by atoms with Gasteiger partial charge in [-0.25, -0.2) is 4.39 Å². The number of nitrogens with zero attached hydrogens (tertiary/aromatic N) is 1. The summed E-state index contributed by atoms with van der Waals surface area (Å²) in [4.78, 5) is 14.7. The molecule has 114 valence electrons. The average Bonchev–Trinajstić information content (AvgIpc) is 3.19. The van der Waals surface area contributed by atoms with Crippen LogP contribution < -0.4 is 5.73 Å². The van der Waals surface area contributed by atoms with E-state index in [9.17, 15) is 9.18 Å². The van der Waals surface area contributed by atoms with Gasteiger partial charge < -0.3 is 10.6 Å². The van der Waals surface area contributed by atoms with Crippen LogP contribution in [0.15, 0.2) is 24.3 Å². The first-order chi connectivity index (χ1) is 10.1. The Balaban J connectivity index is 1.79. The summed E-state index contributed by atoms with van der Waals surface area (Å²) in [6, 6.07) is 6.73. The Morgan fingerprint density at radius 2 is 2.10 bits per heavy atom. The van der Waals surface area contributed by atoms with Gasteiger partial charge in [-0.3, -0.25) is 4.79 Å². The second kappa shape index (κ2) is 5.41. The van der Waals surface area contributed by atoms with Crippen LogP contribution in [0.25, 0.3) is 0 Å². The fourth-order valence-corrected chi connectivity index (χ4v) is 3.61. The van der Waals surface area contributed by atoms with E-state index in [0.29, 0.717) is 18.0 Å². The Kier molecular flexibility index (Phi) is 3.74. The van der Waals surface area contributed by atoms with Crippen molar-refractivity contribution in [3.05, 3.63) is 35.6 Å². The summed E-state index contributed by atoms with van der Waals surface area (Å²) < 4.78 is 14.1. The maximum Gasteiger partial charge on any atom is 0.233 e. The highest BCUT2D eigenvalue weighted by Crippen LogP contribution is 2.51. The molecule has 4 heteroatoms. The molecular formula is C17H23FN2O. The quantitative estimate of drug-likeness (QED) is 0.926. The monoisotopic (exact) mass is 290 g/mol. The molecule has 0 spiro atoms. The van der Waals surface area contributed by atoms with Crippen LogP contribution in [0.1, 0.15) is 38.2 Å². The maximum absolute atomic E-state index is 14.1. The van der Waals surface area contributed by atoms with Crippen LogP contribution in [0.4, 0.5) is 4.39 Å². The van der Waals surface area contributed by atoms with Crippen LogP contribution in [-0.4, -0.2) is 29.9 Å². The van der Waals surface area contributed by atoms with E-state index in [1.54, 1.807) is 18.2 Å². The normalized spacial score (nSPS) is 26.9. The number of carbonyl (C=O) groups excluding carboxylic acids is 1. The largest absolute Gasteiger partial charge is 0.340 e. The molecule has 2 atom stereocenters. The topological polar surface area (TPSA) is 46.3 Å². The molecule has 2 unspecified atom stereocenters. The van der Waals surface area contributed by atoms with Crippen molar-refractivity contribution in [2.75, 3.05) is 13.1 Å². The van der Waals surface area contributed by atoms with Crippen molar-refractivity contribution in [2.24, 2.45) is 11.7 Å². The Hall–Kier alpha value is -1.42. The SMILES string of the molecule is CCCC1CN(C(=O)C2(c3ccccc3F)CC2)CC1N. The minimum absolute atomic E-state index is 0.0605. The molecular weight excluding hydrogens is 267 g/mol. The molecule has 1 saturated carbocycles. The molecule has 1 aliphatic heterocycles. The molecule has 2 aliphatic rings. The number of likely N-dealkylation sites (tertiary alicyclic amines) is 1. The van der Waals surface area contributed by atoms with E-state index in [4.69, 9.17) is 5.73 Å². The van der Waals surface area contributed by atoms with Gasteiger partial charge in [0.2, 0.25) is 5.91 Å². The molecule has 1 aromatic carbocycles. The second-order valence-corrected chi connectivity index (χ2v) is 6.48. The fourth-order valence-electron chi connectivity index (χ4n) is 3.61. The molecule has 1 heterocycles. The van der Waals surface area contributed by atoms with Crippen molar-refractivity contribution in [1.29, 1.82) is 0 Å². The van der Waals surface area contributed by atoms with Crippen LogP contribution in [0.5, 0.6) is 0 Å². The molecule has 1 aromatic rings. The number of carbonyl (C=O) groups is 1. The van der Waals surface area contributed by atoms with E-state index in [1.165, 1.54) is 6.07 Å². The summed E-state index contributed by atoms with van der Waals surface area (Å²) >= 11 is 0. The van der Waals surface area contributed by atoms with Crippen molar-refractivity contribution >= 4 is 5.91 Å². The zero-order valence-corrected chi connectivity index (χ0v) is 12.5. The molecule has 0 radical (unpaired) electrons. The molecule has 21 heavy (non-hydrogen) atoms. The van der Waals surface area contributed by atoms with Crippen LogP contribution in [0.2, 0.25) is 0 Å². The van der Waals surface area contributed by atoms with Gasteiger partial charge in [-0.15, -0.1) is 0 Å². The number of hydrogen-bond donors (Lipinski definition) is 1. The number of benzene rings is 1.